The second-order valence-electron chi connectivity index (χ2n) is 7.82. The van der Waals surface area contributed by atoms with Crippen LogP contribution < -0.4 is 16.0 Å². The molecule has 0 saturated carbocycles. The van der Waals surface area contributed by atoms with Gasteiger partial charge in [-0.3, -0.25) is 28.9 Å². The number of benzene rings is 1. The second kappa shape index (κ2) is 10.7. The highest BCUT2D eigenvalue weighted by atomic mass is 16.2. The Labute approximate surface area is 186 Å². The van der Waals surface area contributed by atoms with Crippen molar-refractivity contribution in [1.82, 2.24) is 20.0 Å². The number of carbonyl (C=O) groups is 5. The lowest BCUT2D eigenvalue weighted by Gasteiger charge is -2.37. The normalized spacial score (nSPS) is 19.2. The predicted molar refractivity (Wildman–Crippen MR) is 117 cm³/mol. The minimum atomic E-state index is -0.883. The van der Waals surface area contributed by atoms with Gasteiger partial charge in [-0.05, 0) is 24.3 Å². The number of hydrogen-bond acceptors (Lipinski definition) is 6. The fraction of sp³-hybridized carbons (Fsp3) is 0.476. The largest absolute Gasteiger partial charge is 0.353 e. The number of rotatable bonds is 7. The first kappa shape index (κ1) is 23.2. The molecule has 1 aromatic carbocycles. The van der Waals surface area contributed by atoms with E-state index in [1.807, 2.05) is 4.90 Å². The zero-order valence-corrected chi connectivity index (χ0v) is 18.0. The van der Waals surface area contributed by atoms with E-state index in [1.165, 1.54) is 11.8 Å². The van der Waals surface area contributed by atoms with Gasteiger partial charge in [-0.25, -0.2) is 0 Å². The lowest BCUT2D eigenvalue weighted by atomic mass is 10.1. The summed E-state index contributed by atoms with van der Waals surface area (Å²) >= 11 is 0. The van der Waals surface area contributed by atoms with E-state index in [-0.39, 0.29) is 30.7 Å². The van der Waals surface area contributed by atoms with E-state index in [2.05, 4.69) is 16.0 Å². The van der Waals surface area contributed by atoms with Gasteiger partial charge < -0.3 is 25.8 Å². The topological polar surface area (TPSA) is 131 Å². The van der Waals surface area contributed by atoms with Crippen LogP contribution >= 0.6 is 0 Å². The summed E-state index contributed by atoms with van der Waals surface area (Å²) in [7, 11) is 0. The monoisotopic (exact) mass is 444 g/mol. The summed E-state index contributed by atoms with van der Waals surface area (Å²) in [5, 5.41) is 8.08. The van der Waals surface area contributed by atoms with Crippen LogP contribution in [0.25, 0.3) is 0 Å². The van der Waals surface area contributed by atoms with Gasteiger partial charge in [0, 0.05) is 57.6 Å². The van der Waals surface area contributed by atoms with Crippen molar-refractivity contribution in [3.63, 3.8) is 0 Å². The van der Waals surface area contributed by atoms with Crippen molar-refractivity contribution in [1.29, 1.82) is 0 Å². The fourth-order valence-corrected chi connectivity index (χ4v) is 3.75. The first-order valence-corrected chi connectivity index (χ1v) is 10.5. The molecule has 11 heteroatoms. The molecule has 0 spiro atoms. The van der Waals surface area contributed by atoms with Crippen molar-refractivity contribution in [2.45, 2.75) is 19.4 Å². The molecule has 3 N–H and O–H groups in total. The summed E-state index contributed by atoms with van der Waals surface area (Å²) in [6.07, 6.45) is 0.639. The first-order chi connectivity index (χ1) is 15.4. The van der Waals surface area contributed by atoms with E-state index in [1.54, 1.807) is 29.2 Å². The van der Waals surface area contributed by atoms with Crippen LogP contribution in [0, 0.1) is 0 Å². The maximum Gasteiger partial charge on any atom is 0.243 e. The standard InChI is InChI=1S/C21H28N6O5/c1-15(29)23-16-2-4-17(5-3-16)24-19(30)12-18-21(32)22-6-7-27(18)20(31)13-25-8-10-26(14-28)11-9-25/h2-5,14,18H,6-13H2,1H3,(H,22,32)(H,23,29)(H,24,30)/t18-/m0/s1. The molecule has 32 heavy (non-hydrogen) atoms. The molecule has 5 amide bonds. The van der Waals surface area contributed by atoms with E-state index in [4.69, 9.17) is 0 Å². The zero-order valence-electron chi connectivity index (χ0n) is 18.0. The van der Waals surface area contributed by atoms with Crippen molar-refractivity contribution in [2.24, 2.45) is 0 Å². The molecule has 2 aliphatic rings. The van der Waals surface area contributed by atoms with Crippen LogP contribution in [0.15, 0.2) is 24.3 Å². The Hall–Kier alpha value is -3.47. The predicted octanol–water partition coefficient (Wildman–Crippen LogP) is -0.925. The van der Waals surface area contributed by atoms with Crippen molar-refractivity contribution in [3.05, 3.63) is 24.3 Å². The molecule has 2 fully saturated rings. The van der Waals surface area contributed by atoms with Gasteiger partial charge in [-0.2, -0.15) is 0 Å². The third kappa shape index (κ3) is 6.27. The molecule has 2 heterocycles. The van der Waals surface area contributed by atoms with Gasteiger partial charge in [0.15, 0.2) is 0 Å². The van der Waals surface area contributed by atoms with Gasteiger partial charge in [0.05, 0.1) is 13.0 Å². The van der Waals surface area contributed by atoms with E-state index in [0.717, 1.165) is 6.41 Å². The zero-order chi connectivity index (χ0) is 23.1. The highest BCUT2D eigenvalue weighted by molar-refractivity contribution is 5.98. The van der Waals surface area contributed by atoms with Crippen LogP contribution in [0.4, 0.5) is 11.4 Å². The molecule has 2 saturated heterocycles. The molecular weight excluding hydrogens is 416 g/mol. The van der Waals surface area contributed by atoms with E-state index in [9.17, 15) is 24.0 Å². The Balaban J connectivity index is 1.57. The van der Waals surface area contributed by atoms with Gasteiger partial charge in [0.2, 0.25) is 30.0 Å². The maximum absolute atomic E-state index is 12.9. The quantitative estimate of drug-likeness (QED) is 0.466. The number of carbonyl (C=O) groups excluding carboxylic acids is 5. The molecule has 0 radical (unpaired) electrons. The van der Waals surface area contributed by atoms with E-state index < -0.39 is 11.9 Å². The Morgan fingerprint density at radius 3 is 2.25 bits per heavy atom. The summed E-state index contributed by atoms with van der Waals surface area (Å²) in [5.41, 5.74) is 1.12. The lowest BCUT2D eigenvalue weighted by molar-refractivity contribution is -0.145. The van der Waals surface area contributed by atoms with Crippen LogP contribution in [0.3, 0.4) is 0 Å². The number of nitrogens with one attached hydrogen (secondary N) is 3. The fourth-order valence-electron chi connectivity index (χ4n) is 3.75. The van der Waals surface area contributed by atoms with Crippen LogP contribution in [-0.4, -0.2) is 96.6 Å². The molecule has 0 unspecified atom stereocenters. The minimum Gasteiger partial charge on any atom is -0.353 e. The minimum absolute atomic E-state index is 0.142. The highest BCUT2D eigenvalue weighted by Crippen LogP contribution is 2.16. The van der Waals surface area contributed by atoms with E-state index >= 15 is 0 Å². The van der Waals surface area contributed by atoms with Crippen LogP contribution in [0.2, 0.25) is 0 Å². The van der Waals surface area contributed by atoms with Gasteiger partial charge >= 0.3 is 0 Å². The molecule has 3 rings (SSSR count). The molecule has 172 valence electrons. The number of hydrogen-bond donors (Lipinski definition) is 3. The molecule has 1 aromatic rings. The molecule has 0 aromatic heterocycles. The van der Waals surface area contributed by atoms with Crippen LogP contribution in [0.1, 0.15) is 13.3 Å². The summed E-state index contributed by atoms with van der Waals surface area (Å²) in [6.45, 7) is 4.52. The van der Waals surface area contributed by atoms with Crippen molar-refractivity contribution < 1.29 is 24.0 Å². The maximum atomic E-state index is 12.9. The highest BCUT2D eigenvalue weighted by Gasteiger charge is 2.35. The average molecular weight is 444 g/mol. The summed E-state index contributed by atoms with van der Waals surface area (Å²) in [4.78, 5) is 64.9. The third-order valence-corrected chi connectivity index (χ3v) is 5.43. The number of amides is 5. The second-order valence-corrected chi connectivity index (χ2v) is 7.82. The molecule has 2 aliphatic heterocycles. The van der Waals surface area contributed by atoms with Crippen molar-refractivity contribution in [3.8, 4) is 0 Å². The first-order valence-electron chi connectivity index (χ1n) is 10.5. The SMILES string of the molecule is CC(=O)Nc1ccc(NC(=O)C[C@H]2C(=O)NCCN2C(=O)CN2CCN(C=O)CC2)cc1. The van der Waals surface area contributed by atoms with E-state index in [0.29, 0.717) is 50.6 Å². The van der Waals surface area contributed by atoms with Crippen molar-refractivity contribution in [2.75, 3.05) is 56.4 Å². The Morgan fingerprint density at radius 1 is 1.03 bits per heavy atom. The lowest BCUT2D eigenvalue weighted by Crippen LogP contribution is -2.60. The Bertz CT molecular complexity index is 866. The van der Waals surface area contributed by atoms with Gasteiger partial charge in [0.25, 0.3) is 0 Å². The molecule has 1 atom stereocenters. The van der Waals surface area contributed by atoms with Crippen molar-refractivity contribution >= 4 is 41.4 Å². The Morgan fingerprint density at radius 2 is 1.66 bits per heavy atom. The summed E-state index contributed by atoms with van der Waals surface area (Å²) in [6, 6.07) is 5.72. The van der Waals surface area contributed by atoms with Gasteiger partial charge in [-0.1, -0.05) is 0 Å². The average Bonchev–Trinajstić information content (AvgIpc) is 2.76. The van der Waals surface area contributed by atoms with Crippen LogP contribution in [0.5, 0.6) is 0 Å². The van der Waals surface area contributed by atoms with Gasteiger partial charge in [-0.15, -0.1) is 0 Å². The molecule has 0 bridgehead atoms. The number of anilines is 2. The Kier molecular flexibility index (Phi) is 7.77. The van der Waals surface area contributed by atoms with Gasteiger partial charge in [0.1, 0.15) is 6.04 Å². The smallest absolute Gasteiger partial charge is 0.243 e. The third-order valence-electron chi connectivity index (χ3n) is 5.43. The number of piperazine rings is 2. The summed E-state index contributed by atoms with van der Waals surface area (Å²) < 4.78 is 0. The molecule has 0 aliphatic carbocycles. The molecular formula is C21H28N6O5. The number of nitrogens with zero attached hydrogens (tertiary/aromatic N) is 3. The molecule has 11 nitrogen and oxygen atoms in total. The summed E-state index contributed by atoms with van der Waals surface area (Å²) in [5.74, 6) is -1.15. The van der Waals surface area contributed by atoms with Crippen LogP contribution in [-0.2, 0) is 24.0 Å².